The van der Waals surface area contributed by atoms with Crippen LogP contribution in [0, 0.1) is 0 Å². The van der Waals surface area contributed by atoms with Crippen molar-refractivity contribution in [3.05, 3.63) is 70.4 Å². The Morgan fingerprint density at radius 3 is 2.31 bits per heavy atom. The zero-order chi connectivity index (χ0) is 22.8. The summed E-state index contributed by atoms with van der Waals surface area (Å²) in [6, 6.07) is 12.1. The molecule has 0 bridgehead atoms. The lowest BCUT2D eigenvalue weighted by molar-refractivity contribution is -0.136. The molecule has 3 N–H and O–H groups in total. The molecule has 2 heterocycles. The number of urea groups is 1. The van der Waals surface area contributed by atoms with E-state index in [9.17, 15) is 19.2 Å². The second-order valence-corrected chi connectivity index (χ2v) is 7.70. The summed E-state index contributed by atoms with van der Waals surface area (Å²) in [5.74, 6) is -1.20. The van der Waals surface area contributed by atoms with Crippen molar-refractivity contribution in [2.75, 3.05) is 23.8 Å². The monoisotopic (exact) mass is 454 g/mol. The molecule has 4 rings (SSSR count). The molecule has 0 aromatic heterocycles. The van der Waals surface area contributed by atoms with E-state index in [1.54, 1.807) is 48.5 Å². The Labute approximate surface area is 188 Å². The molecule has 0 radical (unpaired) electrons. The highest BCUT2D eigenvalue weighted by Gasteiger charge is 2.42. The lowest BCUT2D eigenvalue weighted by Gasteiger charge is -2.32. The minimum atomic E-state index is -0.689. The molecule has 1 atom stereocenters. The van der Waals surface area contributed by atoms with E-state index in [1.807, 2.05) is 0 Å². The van der Waals surface area contributed by atoms with E-state index in [2.05, 4.69) is 16.0 Å². The van der Waals surface area contributed by atoms with Crippen molar-refractivity contribution in [2.45, 2.75) is 13.0 Å². The number of nitrogens with one attached hydrogen (secondary N) is 3. The van der Waals surface area contributed by atoms with E-state index < -0.39 is 23.9 Å². The Bertz CT molecular complexity index is 1130. The zero-order valence-electron chi connectivity index (χ0n) is 17.0. The fraction of sp³-hybridized carbons (Fsp3) is 0.182. The van der Waals surface area contributed by atoms with Gasteiger partial charge in [0.1, 0.15) is 13.2 Å². The molecule has 1 unspecified atom stereocenters. The smallest absolute Gasteiger partial charge is 0.338 e. The molecular formula is C22H19ClN4O5. The molecule has 10 heteroatoms. The molecule has 0 aliphatic carbocycles. The number of amides is 4. The minimum Gasteiger partial charge on any atom is -0.456 e. The third-order valence-electron chi connectivity index (χ3n) is 4.99. The van der Waals surface area contributed by atoms with Crippen molar-refractivity contribution >= 4 is 46.8 Å². The number of halogens is 1. The van der Waals surface area contributed by atoms with Crippen LogP contribution in [0.15, 0.2) is 59.8 Å². The lowest BCUT2D eigenvalue weighted by atomic mass is 9.96. The van der Waals surface area contributed by atoms with Crippen LogP contribution in [0.5, 0.6) is 0 Å². The standard InChI is InChI=1S/C22H19ClN4O5/c1-12(28)24-15-6-8-16(9-7-15)25-18(29)10-27-17-11-32-21(30)19(17)20(26-22(27)31)13-2-4-14(23)5-3-13/h2-9,20H,10-11H2,1H3,(H,24,28)(H,25,29)(H,26,31). The van der Waals surface area contributed by atoms with Crippen LogP contribution in [-0.4, -0.2) is 41.9 Å². The summed E-state index contributed by atoms with van der Waals surface area (Å²) in [4.78, 5) is 50.1. The quantitative estimate of drug-likeness (QED) is 0.600. The first kappa shape index (κ1) is 21.4. The van der Waals surface area contributed by atoms with Crippen LogP contribution in [-0.2, 0) is 19.1 Å². The van der Waals surface area contributed by atoms with Crippen LogP contribution in [0.4, 0.5) is 16.2 Å². The number of hydrogen-bond donors (Lipinski definition) is 3. The Morgan fingerprint density at radius 1 is 1.06 bits per heavy atom. The van der Waals surface area contributed by atoms with Crippen molar-refractivity contribution in [2.24, 2.45) is 0 Å². The Kier molecular flexibility index (Phi) is 5.83. The molecule has 32 heavy (non-hydrogen) atoms. The molecule has 0 saturated carbocycles. The number of anilines is 2. The Balaban J connectivity index is 1.51. The number of carbonyl (C=O) groups is 4. The highest BCUT2D eigenvalue weighted by Crippen LogP contribution is 2.35. The molecule has 0 fully saturated rings. The van der Waals surface area contributed by atoms with Crippen molar-refractivity contribution < 1.29 is 23.9 Å². The Hall–Kier alpha value is -3.85. The number of rotatable bonds is 5. The van der Waals surface area contributed by atoms with Crippen LogP contribution in [0.25, 0.3) is 0 Å². The van der Waals surface area contributed by atoms with Gasteiger partial charge in [-0.25, -0.2) is 9.59 Å². The summed E-state index contributed by atoms with van der Waals surface area (Å²) < 4.78 is 5.16. The normalized spacial score (nSPS) is 17.4. The number of esters is 1. The van der Waals surface area contributed by atoms with Crippen molar-refractivity contribution in [1.29, 1.82) is 0 Å². The predicted molar refractivity (Wildman–Crippen MR) is 117 cm³/mol. The van der Waals surface area contributed by atoms with Gasteiger partial charge in [-0.2, -0.15) is 0 Å². The average Bonchev–Trinajstić information content (AvgIpc) is 3.13. The Morgan fingerprint density at radius 2 is 1.69 bits per heavy atom. The van der Waals surface area contributed by atoms with Gasteiger partial charge >= 0.3 is 12.0 Å². The number of carbonyl (C=O) groups excluding carboxylic acids is 4. The minimum absolute atomic E-state index is 0.0929. The first-order valence-corrected chi connectivity index (χ1v) is 10.1. The zero-order valence-corrected chi connectivity index (χ0v) is 17.7. The van der Waals surface area contributed by atoms with Gasteiger partial charge in [0.25, 0.3) is 0 Å². The van der Waals surface area contributed by atoms with E-state index in [0.29, 0.717) is 33.2 Å². The number of ether oxygens (including phenoxy) is 1. The molecule has 2 aliphatic heterocycles. The van der Waals surface area contributed by atoms with Gasteiger partial charge in [-0.15, -0.1) is 0 Å². The number of nitrogens with zero attached hydrogens (tertiary/aromatic N) is 1. The number of cyclic esters (lactones) is 1. The second kappa shape index (κ2) is 8.72. The van der Waals surface area contributed by atoms with Gasteiger partial charge in [-0.1, -0.05) is 23.7 Å². The molecule has 2 aliphatic rings. The third-order valence-corrected chi connectivity index (χ3v) is 5.24. The molecule has 2 aromatic rings. The van der Waals surface area contributed by atoms with E-state index in [1.165, 1.54) is 11.8 Å². The van der Waals surface area contributed by atoms with E-state index in [0.717, 1.165) is 0 Å². The van der Waals surface area contributed by atoms with Crippen LogP contribution in [0.2, 0.25) is 5.02 Å². The van der Waals surface area contributed by atoms with Crippen molar-refractivity contribution in [3.63, 3.8) is 0 Å². The van der Waals surface area contributed by atoms with Crippen LogP contribution >= 0.6 is 11.6 Å². The predicted octanol–water partition coefficient (Wildman–Crippen LogP) is 2.81. The van der Waals surface area contributed by atoms with Gasteiger partial charge < -0.3 is 20.7 Å². The third kappa shape index (κ3) is 4.42. The van der Waals surface area contributed by atoms with Gasteiger partial charge in [0, 0.05) is 23.3 Å². The summed E-state index contributed by atoms with van der Waals surface area (Å²) in [6.45, 7) is 1.00. The summed E-state index contributed by atoms with van der Waals surface area (Å²) >= 11 is 5.93. The highest BCUT2D eigenvalue weighted by molar-refractivity contribution is 6.30. The fourth-order valence-corrected chi connectivity index (χ4v) is 3.69. The fourth-order valence-electron chi connectivity index (χ4n) is 3.57. The second-order valence-electron chi connectivity index (χ2n) is 7.26. The maximum Gasteiger partial charge on any atom is 0.338 e. The van der Waals surface area contributed by atoms with Crippen LogP contribution in [0.3, 0.4) is 0 Å². The molecule has 0 spiro atoms. The highest BCUT2D eigenvalue weighted by atomic mass is 35.5. The summed E-state index contributed by atoms with van der Waals surface area (Å²) in [5, 5.41) is 8.62. The van der Waals surface area contributed by atoms with Gasteiger partial charge in [-0.05, 0) is 42.0 Å². The lowest BCUT2D eigenvalue weighted by Crippen LogP contribution is -2.49. The molecule has 9 nitrogen and oxygen atoms in total. The maximum absolute atomic E-state index is 12.8. The van der Waals surface area contributed by atoms with Crippen molar-refractivity contribution in [3.8, 4) is 0 Å². The van der Waals surface area contributed by atoms with E-state index >= 15 is 0 Å². The van der Waals surface area contributed by atoms with Gasteiger partial charge in [0.15, 0.2) is 0 Å². The molecule has 0 saturated heterocycles. The summed E-state index contributed by atoms with van der Waals surface area (Å²) in [7, 11) is 0. The molecular weight excluding hydrogens is 436 g/mol. The average molecular weight is 455 g/mol. The number of hydrogen-bond acceptors (Lipinski definition) is 5. The molecule has 2 aromatic carbocycles. The first-order chi connectivity index (χ1) is 15.3. The topological polar surface area (TPSA) is 117 Å². The van der Waals surface area contributed by atoms with E-state index in [4.69, 9.17) is 16.3 Å². The molecule has 164 valence electrons. The van der Waals surface area contributed by atoms with Gasteiger partial charge in [0.05, 0.1) is 17.3 Å². The molecule has 4 amide bonds. The van der Waals surface area contributed by atoms with Gasteiger partial charge in [0.2, 0.25) is 11.8 Å². The van der Waals surface area contributed by atoms with Gasteiger partial charge in [-0.3, -0.25) is 14.5 Å². The number of benzene rings is 2. The largest absolute Gasteiger partial charge is 0.456 e. The first-order valence-electron chi connectivity index (χ1n) is 9.73. The van der Waals surface area contributed by atoms with Crippen LogP contribution < -0.4 is 16.0 Å². The SMILES string of the molecule is CC(=O)Nc1ccc(NC(=O)CN2C(=O)NC(c3ccc(Cl)cc3)C3=C2COC3=O)cc1. The summed E-state index contributed by atoms with van der Waals surface area (Å²) in [5.41, 5.74) is 2.41. The summed E-state index contributed by atoms with van der Waals surface area (Å²) in [6.07, 6.45) is 0. The van der Waals surface area contributed by atoms with Crippen molar-refractivity contribution in [1.82, 2.24) is 10.2 Å². The van der Waals surface area contributed by atoms with E-state index in [-0.39, 0.29) is 19.1 Å². The maximum atomic E-state index is 12.8. The van der Waals surface area contributed by atoms with Crippen LogP contribution in [0.1, 0.15) is 18.5 Å².